The summed E-state index contributed by atoms with van der Waals surface area (Å²) in [5.41, 5.74) is 5.05. The molecular weight excluding hydrogens is 494 g/mol. The number of benzene rings is 3. The number of aromatic nitrogens is 3. The van der Waals surface area contributed by atoms with E-state index in [2.05, 4.69) is 20.3 Å². The van der Waals surface area contributed by atoms with Crippen LogP contribution in [0.2, 0.25) is 5.02 Å². The second-order valence-electron chi connectivity index (χ2n) is 8.94. The Morgan fingerprint density at radius 1 is 1.00 bits per heavy atom. The van der Waals surface area contributed by atoms with Gasteiger partial charge in [-0.2, -0.15) is 0 Å². The van der Waals surface area contributed by atoms with Gasteiger partial charge in [0.05, 0.1) is 23.9 Å². The Balaban J connectivity index is 1.49. The highest BCUT2D eigenvalue weighted by Gasteiger charge is 2.23. The summed E-state index contributed by atoms with van der Waals surface area (Å²) >= 11 is 6.06. The third-order valence-electron chi connectivity index (χ3n) is 6.15. The van der Waals surface area contributed by atoms with Crippen LogP contribution in [0.3, 0.4) is 0 Å². The van der Waals surface area contributed by atoms with E-state index in [9.17, 15) is 13.6 Å². The van der Waals surface area contributed by atoms with Gasteiger partial charge in [0, 0.05) is 46.1 Å². The van der Waals surface area contributed by atoms with Crippen molar-refractivity contribution in [3.05, 3.63) is 118 Å². The van der Waals surface area contributed by atoms with E-state index in [0.717, 1.165) is 33.7 Å². The lowest BCUT2D eigenvalue weighted by Gasteiger charge is -2.21. The molecule has 0 aliphatic rings. The Hall–Kier alpha value is -4.10. The van der Waals surface area contributed by atoms with Crippen molar-refractivity contribution in [2.75, 3.05) is 0 Å². The van der Waals surface area contributed by atoms with Gasteiger partial charge in [0.15, 0.2) is 0 Å². The molecule has 2 heterocycles. The molecule has 2 aromatic heterocycles. The van der Waals surface area contributed by atoms with Gasteiger partial charge in [-0.15, -0.1) is 0 Å². The second kappa shape index (κ2) is 10.5. The lowest BCUT2D eigenvalue weighted by atomic mass is 9.98. The Morgan fingerprint density at radius 3 is 2.49 bits per heavy atom. The number of carbonyl (C=O) groups excluding carboxylic acids is 1. The van der Waals surface area contributed by atoms with Crippen molar-refractivity contribution in [2.24, 2.45) is 0 Å². The molecule has 0 radical (unpaired) electrons. The summed E-state index contributed by atoms with van der Waals surface area (Å²) in [4.78, 5) is 25.5. The molecule has 0 fully saturated rings. The SMILES string of the molecule is Cc1ccc2[nH]cc(CC(=O)NC(Cc3cc(F)cc(F)c3)c3nccnc3-c3ccc(Cl)cc3)c2c1. The lowest BCUT2D eigenvalue weighted by molar-refractivity contribution is -0.121. The van der Waals surface area contributed by atoms with Crippen LogP contribution in [-0.4, -0.2) is 20.9 Å². The summed E-state index contributed by atoms with van der Waals surface area (Å²) < 4.78 is 28.0. The summed E-state index contributed by atoms with van der Waals surface area (Å²) in [6, 6.07) is 15.7. The van der Waals surface area contributed by atoms with Gasteiger partial charge in [0.25, 0.3) is 0 Å². The molecule has 0 aliphatic heterocycles. The first-order chi connectivity index (χ1) is 17.9. The van der Waals surface area contributed by atoms with Crippen LogP contribution >= 0.6 is 11.6 Å². The molecule has 5 nitrogen and oxygen atoms in total. The highest BCUT2D eigenvalue weighted by Crippen LogP contribution is 2.29. The Labute approximate surface area is 217 Å². The van der Waals surface area contributed by atoms with Gasteiger partial charge in [0.1, 0.15) is 11.6 Å². The maximum atomic E-state index is 14.0. The van der Waals surface area contributed by atoms with E-state index in [1.54, 1.807) is 18.3 Å². The van der Waals surface area contributed by atoms with Crippen molar-refractivity contribution in [3.8, 4) is 11.3 Å². The minimum atomic E-state index is -0.694. The zero-order valence-corrected chi connectivity index (χ0v) is 20.7. The molecule has 3 aromatic carbocycles. The molecule has 37 heavy (non-hydrogen) atoms. The minimum Gasteiger partial charge on any atom is -0.361 e. The fourth-order valence-corrected chi connectivity index (χ4v) is 4.60. The second-order valence-corrected chi connectivity index (χ2v) is 9.38. The van der Waals surface area contributed by atoms with Crippen LogP contribution < -0.4 is 5.32 Å². The molecule has 0 aliphatic carbocycles. The molecule has 0 saturated heterocycles. The first-order valence-corrected chi connectivity index (χ1v) is 12.1. The molecule has 5 rings (SSSR count). The molecule has 186 valence electrons. The van der Waals surface area contributed by atoms with Gasteiger partial charge < -0.3 is 10.3 Å². The van der Waals surface area contributed by atoms with Crippen LogP contribution in [0.1, 0.15) is 28.4 Å². The van der Waals surface area contributed by atoms with Gasteiger partial charge in [0.2, 0.25) is 5.91 Å². The maximum Gasteiger partial charge on any atom is 0.225 e. The van der Waals surface area contributed by atoms with Crippen molar-refractivity contribution in [3.63, 3.8) is 0 Å². The fourth-order valence-electron chi connectivity index (χ4n) is 4.47. The average Bonchev–Trinajstić information content (AvgIpc) is 3.25. The number of aromatic amines is 1. The zero-order chi connectivity index (χ0) is 25.9. The predicted octanol–water partition coefficient (Wildman–Crippen LogP) is 6.51. The lowest BCUT2D eigenvalue weighted by Crippen LogP contribution is -2.32. The van der Waals surface area contributed by atoms with E-state index < -0.39 is 17.7 Å². The van der Waals surface area contributed by atoms with E-state index in [0.29, 0.717) is 22.0 Å². The fraction of sp³-hybridized carbons (Fsp3) is 0.138. The summed E-state index contributed by atoms with van der Waals surface area (Å²) in [6.07, 6.45) is 5.15. The normalized spacial score (nSPS) is 12.0. The van der Waals surface area contributed by atoms with Crippen LogP contribution in [-0.2, 0) is 17.6 Å². The summed E-state index contributed by atoms with van der Waals surface area (Å²) in [5, 5.41) is 4.58. The van der Waals surface area contributed by atoms with Crippen molar-refractivity contribution >= 4 is 28.4 Å². The Bertz CT molecular complexity index is 1560. The summed E-state index contributed by atoms with van der Waals surface area (Å²) in [7, 11) is 0. The Morgan fingerprint density at radius 2 is 1.73 bits per heavy atom. The van der Waals surface area contributed by atoms with Gasteiger partial charge in [-0.25, -0.2) is 8.78 Å². The van der Waals surface area contributed by atoms with Gasteiger partial charge >= 0.3 is 0 Å². The summed E-state index contributed by atoms with van der Waals surface area (Å²) in [6.45, 7) is 2.00. The van der Waals surface area contributed by atoms with Crippen molar-refractivity contribution in [1.29, 1.82) is 0 Å². The molecule has 1 unspecified atom stereocenters. The van der Waals surface area contributed by atoms with Crippen LogP contribution in [0.5, 0.6) is 0 Å². The number of carbonyl (C=O) groups is 1. The largest absolute Gasteiger partial charge is 0.361 e. The van der Waals surface area contributed by atoms with Crippen molar-refractivity contribution in [2.45, 2.75) is 25.8 Å². The number of H-pyrrole nitrogens is 1. The molecular formula is C29H23ClF2N4O. The van der Waals surface area contributed by atoms with Crippen molar-refractivity contribution in [1.82, 2.24) is 20.3 Å². The molecule has 1 atom stereocenters. The van der Waals surface area contributed by atoms with Crippen LogP contribution in [0.25, 0.3) is 22.2 Å². The van der Waals surface area contributed by atoms with E-state index in [4.69, 9.17) is 11.6 Å². The Kier molecular flexibility index (Phi) is 6.97. The number of rotatable bonds is 7. The first kappa shape index (κ1) is 24.6. The molecule has 5 aromatic rings. The highest BCUT2D eigenvalue weighted by molar-refractivity contribution is 6.30. The maximum absolute atomic E-state index is 14.0. The number of aryl methyl sites for hydroxylation is 1. The predicted molar refractivity (Wildman–Crippen MR) is 140 cm³/mol. The first-order valence-electron chi connectivity index (χ1n) is 11.7. The van der Waals surface area contributed by atoms with E-state index in [1.165, 1.54) is 18.3 Å². The third-order valence-corrected chi connectivity index (χ3v) is 6.40. The van der Waals surface area contributed by atoms with Crippen LogP contribution in [0.15, 0.2) is 79.3 Å². The number of amides is 1. The van der Waals surface area contributed by atoms with E-state index in [1.807, 2.05) is 43.5 Å². The number of hydrogen-bond acceptors (Lipinski definition) is 3. The van der Waals surface area contributed by atoms with Crippen molar-refractivity contribution < 1.29 is 13.6 Å². The smallest absolute Gasteiger partial charge is 0.225 e. The van der Waals surface area contributed by atoms with E-state index in [-0.39, 0.29) is 18.7 Å². The van der Waals surface area contributed by atoms with Gasteiger partial charge in [-0.1, -0.05) is 35.4 Å². The van der Waals surface area contributed by atoms with E-state index >= 15 is 0 Å². The van der Waals surface area contributed by atoms with Gasteiger partial charge in [-0.3, -0.25) is 14.8 Å². The molecule has 1 amide bonds. The number of halogens is 3. The number of nitrogens with one attached hydrogen (secondary N) is 2. The number of hydrogen-bond donors (Lipinski definition) is 2. The zero-order valence-electron chi connectivity index (χ0n) is 19.9. The third kappa shape index (κ3) is 5.67. The topological polar surface area (TPSA) is 70.7 Å². The molecule has 0 spiro atoms. The van der Waals surface area contributed by atoms with Crippen LogP contribution in [0.4, 0.5) is 8.78 Å². The average molecular weight is 517 g/mol. The summed E-state index contributed by atoms with van der Waals surface area (Å²) in [5.74, 6) is -1.63. The quantitative estimate of drug-likeness (QED) is 0.259. The molecule has 2 N–H and O–H groups in total. The highest BCUT2D eigenvalue weighted by atomic mass is 35.5. The van der Waals surface area contributed by atoms with Crippen LogP contribution in [0, 0.1) is 18.6 Å². The molecule has 8 heteroatoms. The van der Waals surface area contributed by atoms with Gasteiger partial charge in [-0.05, 0) is 60.9 Å². The minimum absolute atomic E-state index is 0.118. The number of nitrogens with zero attached hydrogens (tertiary/aromatic N) is 2. The molecule has 0 bridgehead atoms. The monoisotopic (exact) mass is 516 g/mol. The number of fused-ring (bicyclic) bond motifs is 1. The standard InChI is InChI=1S/C29H23ClF2N4O/c1-17-2-7-25-24(10-17)20(16-35-25)14-27(37)36-26(13-18-11-22(31)15-23(32)12-18)29-28(33-8-9-34-29)19-3-5-21(30)6-4-19/h2-12,15-16,26,35H,13-14H2,1H3,(H,36,37). The molecule has 0 saturated carbocycles.